The summed E-state index contributed by atoms with van der Waals surface area (Å²) >= 11 is 0. The van der Waals surface area contributed by atoms with Crippen molar-refractivity contribution in [2.24, 2.45) is 0 Å². The minimum Gasteiger partial charge on any atom is -0.319 e. The number of hydrogen-bond acceptors (Lipinski definition) is 2. The number of allylic oxidation sites excluding steroid dienone is 1. The molecule has 0 saturated heterocycles. The van der Waals surface area contributed by atoms with Gasteiger partial charge in [0.2, 0.25) is 5.78 Å². The summed E-state index contributed by atoms with van der Waals surface area (Å²) in [6.07, 6.45) is 1.69. The van der Waals surface area contributed by atoms with Gasteiger partial charge in [-0.3, -0.25) is 9.59 Å². The zero-order valence-electron chi connectivity index (χ0n) is 10.1. The van der Waals surface area contributed by atoms with Gasteiger partial charge in [-0.15, -0.1) is 0 Å². The lowest BCUT2D eigenvalue weighted by atomic mass is 9.96. The molecule has 0 radical (unpaired) electrons. The van der Waals surface area contributed by atoms with E-state index in [-0.39, 0.29) is 11.7 Å². The summed E-state index contributed by atoms with van der Waals surface area (Å²) in [5.74, 6) is -0.392. The second-order valence-electron chi connectivity index (χ2n) is 4.30. The molecule has 0 saturated carbocycles. The summed E-state index contributed by atoms with van der Waals surface area (Å²) in [6, 6.07) is 16.3. The molecule has 0 aliphatic carbocycles. The maximum Gasteiger partial charge on any atom is 0.256 e. The smallest absolute Gasteiger partial charge is 0.256 e. The minimum absolute atomic E-state index is 0.154. The molecule has 2 aromatic rings. The molecular formula is C16H11NO2. The van der Waals surface area contributed by atoms with E-state index < -0.39 is 0 Å². The van der Waals surface area contributed by atoms with Crippen molar-refractivity contribution in [2.75, 3.05) is 0 Å². The number of hydrogen-bond donors (Lipinski definition) is 1. The quantitative estimate of drug-likeness (QED) is 0.790. The topological polar surface area (TPSA) is 46.2 Å². The molecule has 2 aromatic carbocycles. The molecule has 1 heterocycles. The van der Waals surface area contributed by atoms with Crippen molar-refractivity contribution < 1.29 is 9.59 Å². The molecule has 92 valence electrons. The lowest BCUT2D eigenvalue weighted by Gasteiger charge is -2.17. The highest BCUT2D eigenvalue weighted by Crippen LogP contribution is 2.20. The van der Waals surface area contributed by atoms with Crippen LogP contribution in [0.2, 0.25) is 0 Å². The van der Waals surface area contributed by atoms with Crippen molar-refractivity contribution in [1.82, 2.24) is 5.32 Å². The molecule has 3 heteroatoms. The van der Waals surface area contributed by atoms with Gasteiger partial charge in [-0.05, 0) is 17.7 Å². The van der Waals surface area contributed by atoms with E-state index in [0.29, 0.717) is 16.8 Å². The van der Waals surface area contributed by atoms with E-state index in [1.165, 1.54) is 0 Å². The van der Waals surface area contributed by atoms with Crippen LogP contribution in [-0.4, -0.2) is 11.7 Å². The predicted octanol–water partition coefficient (Wildman–Crippen LogP) is 2.65. The summed E-state index contributed by atoms with van der Waals surface area (Å²) in [4.78, 5) is 24.2. The Balaban J connectivity index is 2.06. The Hall–Kier alpha value is -2.68. The van der Waals surface area contributed by atoms with Crippen LogP contribution in [0.25, 0.3) is 6.08 Å². The average molecular weight is 249 g/mol. The fraction of sp³-hybridized carbons (Fsp3) is 0. The lowest BCUT2D eigenvalue weighted by Crippen LogP contribution is -2.34. The zero-order valence-corrected chi connectivity index (χ0v) is 10.1. The molecule has 3 rings (SSSR count). The highest BCUT2D eigenvalue weighted by Gasteiger charge is 2.26. The van der Waals surface area contributed by atoms with Gasteiger partial charge in [0.1, 0.15) is 0 Å². The standard InChI is InChI=1S/C16H11NO2/c18-15-12-8-4-5-9-13(12)16(19)17-14(15)10-11-6-2-1-3-7-11/h1-10H,(H,17,19). The Morgan fingerprint density at radius 2 is 1.42 bits per heavy atom. The van der Waals surface area contributed by atoms with Crippen LogP contribution < -0.4 is 5.32 Å². The molecule has 0 unspecified atom stereocenters. The van der Waals surface area contributed by atoms with E-state index >= 15 is 0 Å². The van der Waals surface area contributed by atoms with Crippen molar-refractivity contribution in [3.05, 3.63) is 77.0 Å². The van der Waals surface area contributed by atoms with Gasteiger partial charge in [-0.1, -0.05) is 48.5 Å². The highest BCUT2D eigenvalue weighted by atomic mass is 16.2. The third-order valence-corrected chi connectivity index (χ3v) is 3.02. The molecule has 0 bridgehead atoms. The second-order valence-corrected chi connectivity index (χ2v) is 4.30. The van der Waals surface area contributed by atoms with E-state index in [1.54, 1.807) is 30.3 Å². The van der Waals surface area contributed by atoms with Gasteiger partial charge in [0.25, 0.3) is 5.91 Å². The van der Waals surface area contributed by atoms with Crippen molar-refractivity contribution in [3.63, 3.8) is 0 Å². The van der Waals surface area contributed by atoms with Crippen LogP contribution in [0.4, 0.5) is 0 Å². The second kappa shape index (κ2) is 4.53. The van der Waals surface area contributed by atoms with Crippen LogP contribution in [0.3, 0.4) is 0 Å². The Labute approximate surface area is 110 Å². The van der Waals surface area contributed by atoms with Crippen LogP contribution in [-0.2, 0) is 0 Å². The van der Waals surface area contributed by atoms with Crippen LogP contribution in [0.1, 0.15) is 26.3 Å². The summed E-state index contributed by atoms with van der Waals surface area (Å²) in [5.41, 5.74) is 2.08. The molecule has 1 aliphatic heterocycles. The third kappa shape index (κ3) is 2.06. The Morgan fingerprint density at radius 3 is 2.16 bits per heavy atom. The number of carbonyl (C=O) groups excluding carboxylic acids is 2. The Bertz CT molecular complexity index is 687. The summed E-state index contributed by atoms with van der Waals surface area (Å²) in [7, 11) is 0. The highest BCUT2D eigenvalue weighted by molar-refractivity contribution is 6.22. The van der Waals surface area contributed by atoms with Crippen LogP contribution in [0, 0.1) is 0 Å². The van der Waals surface area contributed by atoms with Gasteiger partial charge < -0.3 is 5.32 Å². The van der Waals surface area contributed by atoms with Crippen LogP contribution in [0.5, 0.6) is 0 Å². The molecular weight excluding hydrogens is 238 g/mol. The molecule has 1 amide bonds. The number of rotatable bonds is 1. The summed E-state index contributed by atoms with van der Waals surface area (Å²) in [6.45, 7) is 0. The molecule has 0 spiro atoms. The molecule has 1 N–H and O–H groups in total. The first-order valence-corrected chi connectivity index (χ1v) is 5.97. The largest absolute Gasteiger partial charge is 0.319 e. The normalized spacial score (nSPS) is 16.1. The van der Waals surface area contributed by atoms with Crippen molar-refractivity contribution in [3.8, 4) is 0 Å². The third-order valence-electron chi connectivity index (χ3n) is 3.02. The lowest BCUT2D eigenvalue weighted by molar-refractivity contribution is 0.0910. The van der Waals surface area contributed by atoms with E-state index in [1.807, 2.05) is 30.3 Å². The average Bonchev–Trinajstić information content (AvgIpc) is 2.46. The number of benzene rings is 2. The zero-order chi connectivity index (χ0) is 13.2. The van der Waals surface area contributed by atoms with Gasteiger partial charge in [-0.2, -0.15) is 0 Å². The number of fused-ring (bicyclic) bond motifs is 1. The number of amides is 1. The van der Waals surface area contributed by atoms with Gasteiger partial charge in [-0.25, -0.2) is 0 Å². The maximum absolute atomic E-state index is 12.3. The number of ketones is 1. The minimum atomic E-state index is -0.239. The first-order chi connectivity index (χ1) is 9.25. The van der Waals surface area contributed by atoms with E-state index in [0.717, 1.165) is 5.56 Å². The number of nitrogens with one attached hydrogen (secondary N) is 1. The monoisotopic (exact) mass is 249 g/mol. The molecule has 0 fully saturated rings. The first-order valence-electron chi connectivity index (χ1n) is 5.97. The maximum atomic E-state index is 12.3. The number of Topliss-reactive ketones (excluding diaryl/α,β-unsaturated/α-hetero) is 1. The van der Waals surface area contributed by atoms with Gasteiger partial charge >= 0.3 is 0 Å². The number of carbonyl (C=O) groups is 2. The van der Waals surface area contributed by atoms with Crippen LogP contribution in [0.15, 0.2) is 60.3 Å². The van der Waals surface area contributed by atoms with Crippen molar-refractivity contribution in [2.45, 2.75) is 0 Å². The Kier molecular flexibility index (Phi) is 2.72. The molecule has 1 aliphatic rings. The molecule has 0 aromatic heterocycles. The van der Waals surface area contributed by atoms with E-state index in [9.17, 15) is 9.59 Å². The van der Waals surface area contributed by atoms with Gasteiger partial charge in [0.15, 0.2) is 0 Å². The van der Waals surface area contributed by atoms with Crippen LogP contribution >= 0.6 is 0 Å². The molecule has 19 heavy (non-hydrogen) atoms. The summed E-state index contributed by atoms with van der Waals surface area (Å²) in [5, 5.41) is 2.64. The van der Waals surface area contributed by atoms with E-state index in [2.05, 4.69) is 5.32 Å². The molecule has 0 atom stereocenters. The van der Waals surface area contributed by atoms with Crippen molar-refractivity contribution >= 4 is 17.8 Å². The predicted molar refractivity (Wildman–Crippen MR) is 72.7 cm³/mol. The van der Waals surface area contributed by atoms with Gasteiger partial charge in [0, 0.05) is 5.56 Å². The van der Waals surface area contributed by atoms with E-state index in [4.69, 9.17) is 0 Å². The summed E-state index contributed by atoms with van der Waals surface area (Å²) < 4.78 is 0. The van der Waals surface area contributed by atoms with Crippen molar-refractivity contribution in [1.29, 1.82) is 0 Å². The first kappa shape index (κ1) is 11.4. The van der Waals surface area contributed by atoms with Gasteiger partial charge in [0.05, 0.1) is 11.3 Å². The fourth-order valence-corrected chi connectivity index (χ4v) is 2.09. The molecule has 3 nitrogen and oxygen atoms in total. The SMILES string of the molecule is O=C1NC(=Cc2ccccc2)C(=O)c2ccccc21. The fourth-order valence-electron chi connectivity index (χ4n) is 2.09. The Morgan fingerprint density at radius 1 is 0.789 bits per heavy atom.